The lowest BCUT2D eigenvalue weighted by atomic mass is 10.2. The molecule has 96 valence electrons. The summed E-state index contributed by atoms with van der Waals surface area (Å²) in [6.07, 6.45) is 0.924. The Balaban J connectivity index is 2.29. The average molecular weight is 237 g/mol. The Bertz CT molecular complexity index is 296. The first-order valence-electron chi connectivity index (χ1n) is 6.16. The van der Waals surface area contributed by atoms with Gasteiger partial charge in [0, 0.05) is 32.7 Å². The molecule has 0 aliphatic carbocycles. The van der Waals surface area contributed by atoms with Crippen LogP contribution in [0.15, 0.2) is 24.3 Å². The second-order valence-corrected chi connectivity index (χ2v) is 4.37. The molecule has 0 saturated heterocycles. The maximum atomic E-state index is 5.59. The van der Waals surface area contributed by atoms with Gasteiger partial charge in [-0.05, 0) is 17.7 Å². The highest BCUT2D eigenvalue weighted by Gasteiger charge is 1.97. The molecule has 0 saturated carbocycles. The number of hydrogen-bond donors (Lipinski definition) is 1. The van der Waals surface area contributed by atoms with E-state index in [1.54, 1.807) is 7.11 Å². The summed E-state index contributed by atoms with van der Waals surface area (Å²) in [5.41, 5.74) is 1.28. The number of hydrogen-bond acceptors (Lipinski definition) is 3. The number of benzene rings is 1. The van der Waals surface area contributed by atoms with Crippen molar-refractivity contribution in [2.75, 3.05) is 20.3 Å². The summed E-state index contributed by atoms with van der Waals surface area (Å²) in [4.78, 5) is 0. The van der Waals surface area contributed by atoms with Gasteiger partial charge >= 0.3 is 0 Å². The van der Waals surface area contributed by atoms with Gasteiger partial charge in [0.05, 0.1) is 6.61 Å². The van der Waals surface area contributed by atoms with Crippen molar-refractivity contribution in [3.8, 4) is 5.75 Å². The Hall–Kier alpha value is -1.06. The third-order valence-electron chi connectivity index (χ3n) is 2.40. The van der Waals surface area contributed by atoms with E-state index in [1.165, 1.54) is 5.56 Å². The molecule has 1 N–H and O–H groups in total. The molecule has 0 aliphatic heterocycles. The molecular weight excluding hydrogens is 214 g/mol. The summed E-state index contributed by atoms with van der Waals surface area (Å²) in [6, 6.07) is 8.75. The summed E-state index contributed by atoms with van der Waals surface area (Å²) in [7, 11) is 1.70. The SMILES string of the molecule is COCCCOc1ccc(CNC(C)C)cc1. The average Bonchev–Trinajstić information content (AvgIpc) is 2.33. The lowest BCUT2D eigenvalue weighted by molar-refractivity contribution is 0.172. The van der Waals surface area contributed by atoms with Crippen LogP contribution in [0.3, 0.4) is 0 Å². The third-order valence-corrected chi connectivity index (χ3v) is 2.40. The molecule has 0 aliphatic rings. The molecule has 3 nitrogen and oxygen atoms in total. The fraction of sp³-hybridized carbons (Fsp3) is 0.571. The molecule has 0 bridgehead atoms. The smallest absolute Gasteiger partial charge is 0.119 e. The van der Waals surface area contributed by atoms with E-state index in [2.05, 4.69) is 31.3 Å². The molecule has 17 heavy (non-hydrogen) atoms. The monoisotopic (exact) mass is 237 g/mol. The van der Waals surface area contributed by atoms with Crippen LogP contribution in [0.2, 0.25) is 0 Å². The molecular formula is C14H23NO2. The van der Waals surface area contributed by atoms with Crippen molar-refractivity contribution in [1.82, 2.24) is 5.32 Å². The van der Waals surface area contributed by atoms with Gasteiger partial charge in [-0.1, -0.05) is 26.0 Å². The summed E-state index contributed by atoms with van der Waals surface area (Å²) in [5, 5.41) is 3.38. The maximum absolute atomic E-state index is 5.59. The van der Waals surface area contributed by atoms with Gasteiger partial charge in [0.15, 0.2) is 0 Å². The van der Waals surface area contributed by atoms with Crippen molar-refractivity contribution < 1.29 is 9.47 Å². The molecule has 0 spiro atoms. The summed E-state index contributed by atoms with van der Waals surface area (Å²) in [5.74, 6) is 0.925. The molecule has 0 aromatic heterocycles. The molecule has 3 heteroatoms. The fourth-order valence-electron chi connectivity index (χ4n) is 1.42. The van der Waals surface area contributed by atoms with E-state index in [-0.39, 0.29) is 0 Å². The van der Waals surface area contributed by atoms with Crippen molar-refractivity contribution >= 4 is 0 Å². The lowest BCUT2D eigenvalue weighted by Crippen LogP contribution is -2.21. The van der Waals surface area contributed by atoms with E-state index in [0.29, 0.717) is 12.6 Å². The van der Waals surface area contributed by atoms with Gasteiger partial charge in [0.2, 0.25) is 0 Å². The van der Waals surface area contributed by atoms with Crippen LogP contribution in [0.1, 0.15) is 25.8 Å². The van der Waals surface area contributed by atoms with E-state index < -0.39 is 0 Å². The number of nitrogens with one attached hydrogen (secondary N) is 1. The lowest BCUT2D eigenvalue weighted by Gasteiger charge is -2.09. The quantitative estimate of drug-likeness (QED) is 0.705. The van der Waals surface area contributed by atoms with Crippen molar-refractivity contribution in [1.29, 1.82) is 0 Å². The van der Waals surface area contributed by atoms with Crippen LogP contribution in [0.5, 0.6) is 5.75 Å². The van der Waals surface area contributed by atoms with Crippen LogP contribution in [0.25, 0.3) is 0 Å². The second-order valence-electron chi connectivity index (χ2n) is 4.37. The van der Waals surface area contributed by atoms with Crippen molar-refractivity contribution in [3.05, 3.63) is 29.8 Å². The van der Waals surface area contributed by atoms with Crippen LogP contribution in [0, 0.1) is 0 Å². The van der Waals surface area contributed by atoms with Gasteiger partial charge in [0.25, 0.3) is 0 Å². The Kier molecular flexibility index (Phi) is 6.67. The van der Waals surface area contributed by atoms with Gasteiger partial charge in [-0.2, -0.15) is 0 Å². The minimum absolute atomic E-state index is 0.514. The van der Waals surface area contributed by atoms with Crippen LogP contribution >= 0.6 is 0 Å². The zero-order valence-corrected chi connectivity index (χ0v) is 11.0. The van der Waals surface area contributed by atoms with Crippen molar-refractivity contribution in [2.45, 2.75) is 32.9 Å². The van der Waals surface area contributed by atoms with Crippen LogP contribution in [0.4, 0.5) is 0 Å². The van der Waals surface area contributed by atoms with Crippen LogP contribution in [-0.4, -0.2) is 26.4 Å². The second kappa shape index (κ2) is 8.09. The van der Waals surface area contributed by atoms with Crippen LogP contribution in [-0.2, 0) is 11.3 Å². The van der Waals surface area contributed by atoms with E-state index in [4.69, 9.17) is 9.47 Å². The minimum Gasteiger partial charge on any atom is -0.494 e. The Morgan fingerprint density at radius 3 is 2.41 bits per heavy atom. The Morgan fingerprint density at radius 1 is 1.12 bits per heavy atom. The summed E-state index contributed by atoms with van der Waals surface area (Å²) >= 11 is 0. The van der Waals surface area contributed by atoms with Gasteiger partial charge in [0.1, 0.15) is 5.75 Å². The number of methoxy groups -OCH3 is 1. The van der Waals surface area contributed by atoms with E-state index >= 15 is 0 Å². The molecule has 0 fully saturated rings. The van der Waals surface area contributed by atoms with Crippen LogP contribution < -0.4 is 10.1 Å². The molecule has 0 radical (unpaired) electrons. The first-order chi connectivity index (χ1) is 8.22. The van der Waals surface area contributed by atoms with E-state index in [1.807, 2.05) is 12.1 Å². The maximum Gasteiger partial charge on any atom is 0.119 e. The summed E-state index contributed by atoms with van der Waals surface area (Å²) in [6.45, 7) is 6.65. The highest BCUT2D eigenvalue weighted by molar-refractivity contribution is 5.27. The zero-order valence-electron chi connectivity index (χ0n) is 11.0. The first kappa shape index (κ1) is 14.0. The predicted molar refractivity (Wildman–Crippen MR) is 70.4 cm³/mol. The van der Waals surface area contributed by atoms with Gasteiger partial charge < -0.3 is 14.8 Å². The number of ether oxygens (including phenoxy) is 2. The molecule has 1 aromatic carbocycles. The topological polar surface area (TPSA) is 30.5 Å². The highest BCUT2D eigenvalue weighted by atomic mass is 16.5. The minimum atomic E-state index is 0.514. The summed E-state index contributed by atoms with van der Waals surface area (Å²) < 4.78 is 10.6. The predicted octanol–water partition coefficient (Wildman–Crippen LogP) is 2.60. The van der Waals surface area contributed by atoms with Crippen molar-refractivity contribution in [2.24, 2.45) is 0 Å². The molecule has 1 aromatic rings. The van der Waals surface area contributed by atoms with Crippen molar-refractivity contribution in [3.63, 3.8) is 0 Å². The Morgan fingerprint density at radius 2 is 1.82 bits per heavy atom. The molecule has 0 heterocycles. The standard InChI is InChI=1S/C14H23NO2/c1-12(2)15-11-13-5-7-14(8-6-13)17-10-4-9-16-3/h5-8,12,15H,4,9-11H2,1-3H3. The third kappa shape index (κ3) is 6.29. The largest absolute Gasteiger partial charge is 0.494 e. The molecule has 0 atom stereocenters. The molecule has 1 rings (SSSR count). The first-order valence-corrected chi connectivity index (χ1v) is 6.16. The van der Waals surface area contributed by atoms with E-state index in [0.717, 1.165) is 25.3 Å². The van der Waals surface area contributed by atoms with E-state index in [9.17, 15) is 0 Å². The highest BCUT2D eigenvalue weighted by Crippen LogP contribution is 2.12. The van der Waals surface area contributed by atoms with Gasteiger partial charge in [-0.3, -0.25) is 0 Å². The normalized spacial score (nSPS) is 10.8. The van der Waals surface area contributed by atoms with Gasteiger partial charge in [-0.15, -0.1) is 0 Å². The Labute approximate surface area is 104 Å². The fourth-order valence-corrected chi connectivity index (χ4v) is 1.42. The molecule has 0 unspecified atom stereocenters. The number of rotatable bonds is 8. The zero-order chi connectivity index (χ0) is 12.5. The van der Waals surface area contributed by atoms with Gasteiger partial charge in [-0.25, -0.2) is 0 Å². The molecule has 0 amide bonds.